The van der Waals surface area contributed by atoms with Gasteiger partial charge in [-0.15, -0.1) is 9.97 Å². The molecular weight excluding hydrogens is 696 g/mol. The van der Waals surface area contributed by atoms with Crippen LogP contribution < -0.4 is 0 Å². The lowest BCUT2D eigenvalue weighted by molar-refractivity contribution is 0.701. The molecule has 0 aromatic carbocycles. The van der Waals surface area contributed by atoms with Gasteiger partial charge in [-0.2, -0.15) is 31.3 Å². The first-order valence-electron chi connectivity index (χ1n) is 14.4. The molecule has 0 saturated heterocycles. The van der Waals surface area contributed by atoms with Gasteiger partial charge in [-0.3, -0.25) is 9.83 Å². The number of nitriles is 5. The number of rotatable bonds is 6. The largest absolute Gasteiger partial charge is 0.370 e. The molecule has 7 rings (SSSR count). The monoisotopic (exact) mass is 702 g/mol. The van der Waals surface area contributed by atoms with E-state index < -0.39 is 17.9 Å². The van der Waals surface area contributed by atoms with E-state index in [0.717, 1.165) is 0 Å². The van der Waals surface area contributed by atoms with Crippen molar-refractivity contribution < 1.29 is 0 Å². The summed E-state index contributed by atoms with van der Waals surface area (Å²) in [7, 11) is 0. The van der Waals surface area contributed by atoms with Crippen molar-refractivity contribution in [3.63, 3.8) is 0 Å². The molecule has 54 heavy (non-hydrogen) atoms. The molecule has 0 aliphatic carbocycles. The first-order chi connectivity index (χ1) is 26.3. The summed E-state index contributed by atoms with van der Waals surface area (Å²) >= 11 is 0. The normalized spacial score (nSPS) is 12.1. The Morgan fingerprint density at radius 3 is 1.39 bits per heavy atom. The Morgan fingerprint density at radius 1 is 0.444 bits per heavy atom. The molecule has 246 valence electrons. The van der Waals surface area contributed by atoms with Crippen LogP contribution in [0.1, 0.15) is 69.9 Å². The molecule has 3 unspecified atom stereocenters. The molecular formula is C30H6N24. The highest BCUT2D eigenvalue weighted by Gasteiger charge is 2.35. The lowest BCUT2D eigenvalue weighted by Crippen LogP contribution is -2.17. The van der Waals surface area contributed by atoms with Crippen molar-refractivity contribution in [1.82, 2.24) is 74.8 Å². The van der Waals surface area contributed by atoms with Crippen molar-refractivity contribution in [2.45, 2.75) is 17.9 Å². The van der Waals surface area contributed by atoms with Crippen LogP contribution in [-0.4, -0.2) is 74.8 Å². The molecule has 7 aromatic rings. The number of aromatic nitrogens is 15. The Balaban J connectivity index is 1.42. The predicted octanol–water partition coefficient (Wildman–Crippen LogP) is 2.46. The van der Waals surface area contributed by atoms with Crippen molar-refractivity contribution in [2.75, 3.05) is 0 Å². The summed E-state index contributed by atoms with van der Waals surface area (Å²) in [5.74, 6) is -5.27. The van der Waals surface area contributed by atoms with Gasteiger partial charge >= 0.3 is 17.5 Å². The highest BCUT2D eigenvalue weighted by Crippen LogP contribution is 2.31. The number of H-pyrrole nitrogens is 3. The summed E-state index contributed by atoms with van der Waals surface area (Å²) in [6.45, 7) is 30.0. The Bertz CT molecular complexity index is 2650. The summed E-state index contributed by atoms with van der Waals surface area (Å²) in [6, 6.07) is 7.77. The van der Waals surface area contributed by atoms with E-state index in [0.29, 0.717) is 0 Å². The second-order valence-electron chi connectivity index (χ2n) is 10.3. The number of hydrogen-bond donors (Lipinski definition) is 3. The Morgan fingerprint density at radius 2 is 0.870 bits per heavy atom. The third-order valence-electron chi connectivity index (χ3n) is 7.27. The fraction of sp³-hybridized carbons (Fsp3) is 0.100. The molecule has 0 radical (unpaired) electrons. The molecule has 3 atom stereocenters. The Labute approximate surface area is 298 Å². The van der Waals surface area contributed by atoms with Crippen LogP contribution >= 0.6 is 0 Å². The molecule has 24 nitrogen and oxygen atoms in total. The first kappa shape index (κ1) is 32.6. The molecule has 0 aliphatic rings. The minimum absolute atomic E-state index is 0.0272. The molecule has 7 aromatic heterocycles. The van der Waals surface area contributed by atoms with Crippen molar-refractivity contribution in [3.05, 3.63) is 97.7 Å². The zero-order valence-electron chi connectivity index (χ0n) is 26.1. The van der Waals surface area contributed by atoms with Gasteiger partial charge in [-0.25, -0.2) is 46.4 Å². The van der Waals surface area contributed by atoms with E-state index in [1.165, 1.54) is 0 Å². The number of imidazole rings is 3. The van der Waals surface area contributed by atoms with Crippen LogP contribution in [-0.2, 0) is 0 Å². The molecule has 0 aliphatic heterocycles. The van der Waals surface area contributed by atoms with Crippen molar-refractivity contribution in [1.29, 1.82) is 26.3 Å². The maximum absolute atomic E-state index is 10.4. The smallest absolute Gasteiger partial charge is 0.339 e. The van der Waals surface area contributed by atoms with Gasteiger partial charge in [0, 0.05) is 0 Å². The van der Waals surface area contributed by atoms with Gasteiger partial charge in [-0.05, 0) is 0 Å². The van der Waals surface area contributed by atoms with Crippen molar-refractivity contribution in [2.24, 2.45) is 0 Å². The Hall–Kier alpha value is -9.93. The van der Waals surface area contributed by atoms with E-state index in [1.807, 2.05) is 12.1 Å². The van der Waals surface area contributed by atoms with Crippen LogP contribution in [0.4, 0.5) is 17.5 Å². The zero-order valence-corrected chi connectivity index (χ0v) is 26.1. The van der Waals surface area contributed by atoms with Crippen LogP contribution in [0.2, 0.25) is 0 Å². The van der Waals surface area contributed by atoms with Crippen LogP contribution in [0.5, 0.6) is 0 Å². The van der Waals surface area contributed by atoms with Gasteiger partial charge in [0.1, 0.15) is 29.9 Å². The van der Waals surface area contributed by atoms with Gasteiger partial charge in [0.25, 0.3) is 22.9 Å². The van der Waals surface area contributed by atoms with Crippen LogP contribution in [0.3, 0.4) is 0 Å². The lowest BCUT2D eigenvalue weighted by atomic mass is 10.1. The second-order valence-corrected chi connectivity index (χ2v) is 10.3. The van der Waals surface area contributed by atoms with Gasteiger partial charge in [-0.1, -0.05) is 24.7 Å². The van der Waals surface area contributed by atoms with E-state index in [2.05, 4.69) is 94.1 Å². The van der Waals surface area contributed by atoms with Gasteiger partial charge in [0.05, 0.1) is 12.1 Å². The van der Waals surface area contributed by atoms with Crippen LogP contribution in [0, 0.1) is 82.9 Å². The number of hydrogen-bond acceptors (Lipinski definition) is 17. The minimum atomic E-state index is -1.50. The van der Waals surface area contributed by atoms with Gasteiger partial charge in [0.15, 0.2) is 51.9 Å². The minimum Gasteiger partial charge on any atom is -0.370 e. The van der Waals surface area contributed by atoms with Crippen molar-refractivity contribution in [3.8, 4) is 30.3 Å². The highest BCUT2D eigenvalue weighted by atomic mass is 15.2. The zero-order chi connectivity index (χ0) is 38.1. The molecule has 0 fully saturated rings. The average molecular weight is 703 g/mol. The van der Waals surface area contributed by atoms with E-state index >= 15 is 0 Å². The van der Waals surface area contributed by atoms with Crippen molar-refractivity contribution >= 4 is 51.3 Å². The summed E-state index contributed by atoms with van der Waals surface area (Å²) in [5.41, 5.74) is -1.30. The number of aromatic amines is 3. The summed E-state index contributed by atoms with van der Waals surface area (Å²) in [5, 5.41) is 49.0. The van der Waals surface area contributed by atoms with E-state index in [-0.39, 0.29) is 103 Å². The summed E-state index contributed by atoms with van der Waals surface area (Å²) in [6.07, 6.45) is 0. The lowest BCUT2D eigenvalue weighted by Gasteiger charge is -2.12. The molecule has 7 heterocycles. The fourth-order valence-electron chi connectivity index (χ4n) is 4.92. The quantitative estimate of drug-likeness (QED) is 0.209. The molecule has 0 bridgehead atoms. The predicted molar refractivity (Wildman–Crippen MR) is 171 cm³/mol. The molecule has 3 N–H and O–H groups in total. The maximum atomic E-state index is 10.4. The standard InChI is InChI=1S/C30H6N24/c1-36-15(22-51-27-28(52-22)50-20(37-2)14(9-35)42-27)21-44-16(10(5-31)18-46-25-26(47-18)41-13(8-34)12(7-33)40-25)43-17(45-21)11(6-32)19-48-29-30(49-19)54-24(39-4)23(38-3)53-29/h10-11,15H,(H,40,41,46,47)(H,42,50,51,52)(H,48,49,53,54). The third-order valence-corrected chi connectivity index (χ3v) is 7.27. The van der Waals surface area contributed by atoms with Gasteiger partial charge < -0.3 is 24.5 Å². The molecule has 24 heteroatoms. The summed E-state index contributed by atoms with van der Waals surface area (Å²) in [4.78, 5) is 71.8. The van der Waals surface area contributed by atoms with E-state index in [9.17, 15) is 26.3 Å². The Kier molecular flexibility index (Phi) is 7.75. The maximum Gasteiger partial charge on any atom is 0.339 e. The van der Waals surface area contributed by atoms with Crippen LogP contribution in [0.25, 0.3) is 53.3 Å². The van der Waals surface area contributed by atoms with E-state index in [1.54, 1.807) is 18.2 Å². The second kappa shape index (κ2) is 12.8. The SMILES string of the molecule is [C-]#[N+]c1nc2[nH]c(C([N+]#[C-])c3nc(C(C#N)c4nc5nc(C#N)c(C#N)nc5[nH]4)nc(C(C#N)c4nc5nc([N+]#[C-])c([N+]#[C-])nc5[nH]4)n3)nc2nc1C#N. The molecule has 0 amide bonds. The first-order valence-corrected chi connectivity index (χ1v) is 14.4. The molecule has 0 spiro atoms. The number of fused-ring (bicyclic) bond motifs is 3. The number of nitrogens with zero attached hydrogens (tertiary/aromatic N) is 21. The summed E-state index contributed by atoms with van der Waals surface area (Å²) < 4.78 is 0. The topological polar surface area (TPSA) is 338 Å². The van der Waals surface area contributed by atoms with Gasteiger partial charge in [0.2, 0.25) is 17.3 Å². The molecule has 0 saturated carbocycles. The highest BCUT2D eigenvalue weighted by molar-refractivity contribution is 5.76. The van der Waals surface area contributed by atoms with E-state index in [4.69, 9.17) is 26.3 Å². The number of nitrogens with one attached hydrogen (secondary N) is 3. The fourth-order valence-corrected chi connectivity index (χ4v) is 4.92. The average Bonchev–Trinajstić information content (AvgIpc) is 3.92. The van der Waals surface area contributed by atoms with Crippen LogP contribution in [0.15, 0.2) is 0 Å². The third kappa shape index (κ3) is 5.27.